The van der Waals surface area contributed by atoms with Crippen molar-refractivity contribution >= 4 is 37.3 Å². The van der Waals surface area contributed by atoms with Crippen LogP contribution < -0.4 is 10.5 Å². The SMILES string of the molecule is N#Cc1cccc(NS(=O)(=O)c2cc(Br)ccc2N)c1. The van der Waals surface area contributed by atoms with Crippen molar-refractivity contribution in [2.24, 2.45) is 0 Å². The Morgan fingerprint density at radius 3 is 2.65 bits per heavy atom. The number of nitrogen functional groups attached to an aromatic ring is 1. The van der Waals surface area contributed by atoms with Gasteiger partial charge in [-0.15, -0.1) is 0 Å². The van der Waals surface area contributed by atoms with Gasteiger partial charge in [0, 0.05) is 4.47 Å². The largest absolute Gasteiger partial charge is 0.398 e. The molecular formula is C13H10BrN3O2S. The molecule has 0 saturated carbocycles. The van der Waals surface area contributed by atoms with Gasteiger partial charge in [0.05, 0.1) is 23.0 Å². The molecule has 2 rings (SSSR count). The molecule has 0 amide bonds. The van der Waals surface area contributed by atoms with E-state index in [1.807, 2.05) is 6.07 Å². The molecule has 0 fully saturated rings. The van der Waals surface area contributed by atoms with E-state index in [9.17, 15) is 8.42 Å². The maximum absolute atomic E-state index is 12.3. The van der Waals surface area contributed by atoms with Crippen molar-refractivity contribution in [3.63, 3.8) is 0 Å². The summed E-state index contributed by atoms with van der Waals surface area (Å²) in [7, 11) is -3.81. The molecule has 2 aromatic carbocycles. The average molecular weight is 352 g/mol. The summed E-state index contributed by atoms with van der Waals surface area (Å²) in [6.07, 6.45) is 0. The fourth-order valence-electron chi connectivity index (χ4n) is 1.60. The maximum Gasteiger partial charge on any atom is 0.263 e. The van der Waals surface area contributed by atoms with E-state index in [0.717, 1.165) is 0 Å². The van der Waals surface area contributed by atoms with Gasteiger partial charge >= 0.3 is 0 Å². The Labute approximate surface area is 125 Å². The molecule has 0 bridgehead atoms. The van der Waals surface area contributed by atoms with Crippen LogP contribution >= 0.6 is 15.9 Å². The summed E-state index contributed by atoms with van der Waals surface area (Å²) in [4.78, 5) is -0.0192. The number of nitrogens with one attached hydrogen (secondary N) is 1. The standard InChI is InChI=1S/C13H10BrN3O2S/c14-10-4-5-12(16)13(7-10)20(18,19)17-11-3-1-2-9(6-11)8-15/h1-7,17H,16H2. The molecular weight excluding hydrogens is 342 g/mol. The van der Waals surface area contributed by atoms with Gasteiger partial charge < -0.3 is 5.73 Å². The van der Waals surface area contributed by atoms with E-state index in [1.165, 1.54) is 18.2 Å². The molecule has 7 heteroatoms. The minimum atomic E-state index is -3.81. The molecule has 0 aliphatic heterocycles. The molecule has 0 unspecified atom stereocenters. The van der Waals surface area contributed by atoms with Gasteiger partial charge in [0.2, 0.25) is 0 Å². The Kier molecular flexibility index (Phi) is 3.97. The number of hydrogen-bond acceptors (Lipinski definition) is 4. The molecule has 0 saturated heterocycles. The highest BCUT2D eigenvalue weighted by Crippen LogP contribution is 2.25. The van der Waals surface area contributed by atoms with E-state index in [2.05, 4.69) is 20.7 Å². The molecule has 0 spiro atoms. The first-order chi connectivity index (χ1) is 9.42. The van der Waals surface area contributed by atoms with Crippen LogP contribution in [0, 0.1) is 11.3 Å². The van der Waals surface area contributed by atoms with Crippen LogP contribution in [0.3, 0.4) is 0 Å². The Bertz CT molecular complexity index is 798. The Morgan fingerprint density at radius 2 is 1.95 bits per heavy atom. The van der Waals surface area contributed by atoms with Gasteiger partial charge in [0.15, 0.2) is 0 Å². The van der Waals surface area contributed by atoms with Crippen LogP contribution in [0.25, 0.3) is 0 Å². The van der Waals surface area contributed by atoms with E-state index in [-0.39, 0.29) is 10.6 Å². The quantitative estimate of drug-likeness (QED) is 0.830. The summed E-state index contributed by atoms with van der Waals surface area (Å²) in [6, 6.07) is 12.7. The van der Waals surface area contributed by atoms with E-state index in [0.29, 0.717) is 15.7 Å². The van der Waals surface area contributed by atoms with E-state index < -0.39 is 10.0 Å². The average Bonchev–Trinajstić information content (AvgIpc) is 2.41. The van der Waals surface area contributed by atoms with Crippen LogP contribution in [0.4, 0.5) is 11.4 Å². The van der Waals surface area contributed by atoms with Crippen molar-refractivity contribution in [3.8, 4) is 6.07 Å². The van der Waals surface area contributed by atoms with Crippen molar-refractivity contribution < 1.29 is 8.42 Å². The number of nitriles is 1. The van der Waals surface area contributed by atoms with Gasteiger partial charge in [-0.2, -0.15) is 5.26 Å². The van der Waals surface area contributed by atoms with E-state index in [4.69, 9.17) is 11.0 Å². The zero-order valence-electron chi connectivity index (χ0n) is 10.2. The summed E-state index contributed by atoms with van der Waals surface area (Å²) in [5, 5.41) is 8.80. The Balaban J connectivity index is 2.41. The van der Waals surface area contributed by atoms with Crippen LogP contribution in [-0.4, -0.2) is 8.42 Å². The summed E-state index contributed by atoms with van der Waals surface area (Å²) < 4.78 is 27.6. The van der Waals surface area contributed by atoms with Crippen molar-refractivity contribution in [1.82, 2.24) is 0 Å². The van der Waals surface area contributed by atoms with Crippen molar-refractivity contribution in [3.05, 3.63) is 52.5 Å². The third kappa shape index (κ3) is 3.10. The third-order valence-electron chi connectivity index (χ3n) is 2.51. The topological polar surface area (TPSA) is 96.0 Å². The second-order valence-corrected chi connectivity index (χ2v) is 6.55. The predicted octanol–water partition coefficient (Wildman–Crippen LogP) is 2.70. The first-order valence-corrected chi connectivity index (χ1v) is 7.78. The van der Waals surface area contributed by atoms with Crippen LogP contribution in [0.2, 0.25) is 0 Å². The number of nitrogens with zero attached hydrogens (tertiary/aromatic N) is 1. The number of sulfonamides is 1. The van der Waals surface area contributed by atoms with Crippen LogP contribution in [0.1, 0.15) is 5.56 Å². The van der Waals surface area contributed by atoms with Gasteiger partial charge in [0.1, 0.15) is 4.90 Å². The van der Waals surface area contributed by atoms with Gasteiger partial charge in [-0.25, -0.2) is 8.42 Å². The number of rotatable bonds is 3. The van der Waals surface area contributed by atoms with Gasteiger partial charge in [-0.3, -0.25) is 4.72 Å². The second-order valence-electron chi connectivity index (χ2n) is 3.98. The highest BCUT2D eigenvalue weighted by Gasteiger charge is 2.18. The molecule has 20 heavy (non-hydrogen) atoms. The first kappa shape index (κ1) is 14.4. The Morgan fingerprint density at radius 1 is 1.20 bits per heavy atom. The number of halogens is 1. The smallest absolute Gasteiger partial charge is 0.263 e. The number of hydrogen-bond donors (Lipinski definition) is 2. The van der Waals surface area contributed by atoms with Crippen LogP contribution in [0.5, 0.6) is 0 Å². The lowest BCUT2D eigenvalue weighted by atomic mass is 10.2. The number of anilines is 2. The number of benzene rings is 2. The summed E-state index contributed by atoms with van der Waals surface area (Å²) in [5.41, 5.74) is 6.52. The zero-order valence-corrected chi connectivity index (χ0v) is 12.6. The monoisotopic (exact) mass is 351 g/mol. The van der Waals surface area contributed by atoms with Crippen molar-refractivity contribution in [2.75, 3.05) is 10.5 Å². The Hall–Kier alpha value is -2.04. The fraction of sp³-hybridized carbons (Fsp3) is 0. The molecule has 0 aromatic heterocycles. The zero-order chi connectivity index (χ0) is 14.8. The molecule has 3 N–H and O–H groups in total. The molecule has 0 radical (unpaired) electrons. The van der Waals surface area contributed by atoms with Crippen molar-refractivity contribution in [1.29, 1.82) is 5.26 Å². The van der Waals surface area contributed by atoms with Crippen LogP contribution in [0.15, 0.2) is 51.8 Å². The minimum Gasteiger partial charge on any atom is -0.398 e. The van der Waals surface area contributed by atoms with E-state index in [1.54, 1.807) is 24.3 Å². The highest BCUT2D eigenvalue weighted by atomic mass is 79.9. The number of nitrogens with two attached hydrogens (primary N) is 1. The molecule has 102 valence electrons. The minimum absolute atomic E-state index is 0.0192. The fourth-order valence-corrected chi connectivity index (χ4v) is 3.32. The predicted molar refractivity (Wildman–Crippen MR) is 80.5 cm³/mol. The maximum atomic E-state index is 12.3. The molecule has 0 heterocycles. The molecule has 2 aromatic rings. The molecule has 0 atom stereocenters. The summed E-state index contributed by atoms with van der Waals surface area (Å²) in [5.74, 6) is 0. The molecule has 0 aliphatic carbocycles. The summed E-state index contributed by atoms with van der Waals surface area (Å²) >= 11 is 3.21. The van der Waals surface area contributed by atoms with Crippen molar-refractivity contribution in [2.45, 2.75) is 4.90 Å². The third-order valence-corrected chi connectivity index (χ3v) is 4.44. The first-order valence-electron chi connectivity index (χ1n) is 5.50. The molecule has 0 aliphatic rings. The van der Waals surface area contributed by atoms with E-state index >= 15 is 0 Å². The molecule has 5 nitrogen and oxygen atoms in total. The van der Waals surface area contributed by atoms with Gasteiger partial charge in [-0.1, -0.05) is 22.0 Å². The lowest BCUT2D eigenvalue weighted by Crippen LogP contribution is -2.14. The van der Waals surface area contributed by atoms with Gasteiger partial charge in [-0.05, 0) is 36.4 Å². The van der Waals surface area contributed by atoms with Crippen LogP contribution in [-0.2, 0) is 10.0 Å². The second kappa shape index (κ2) is 5.53. The normalized spacial score (nSPS) is 10.8. The van der Waals surface area contributed by atoms with Gasteiger partial charge in [0.25, 0.3) is 10.0 Å². The highest BCUT2D eigenvalue weighted by molar-refractivity contribution is 9.10. The lowest BCUT2D eigenvalue weighted by molar-refractivity contribution is 0.601. The summed E-state index contributed by atoms with van der Waals surface area (Å²) in [6.45, 7) is 0. The lowest BCUT2D eigenvalue weighted by Gasteiger charge is -2.10.